The van der Waals surface area contributed by atoms with Crippen molar-refractivity contribution in [2.75, 3.05) is 44.7 Å². The van der Waals surface area contributed by atoms with Gasteiger partial charge >= 0.3 is 0 Å². The average molecular weight is 405 g/mol. The number of hydrogen-bond donors (Lipinski definition) is 0. The van der Waals surface area contributed by atoms with E-state index in [0.717, 1.165) is 13.1 Å². The first-order valence-corrected chi connectivity index (χ1v) is 10.4. The van der Waals surface area contributed by atoms with Crippen molar-refractivity contribution in [3.63, 3.8) is 0 Å². The Morgan fingerprint density at radius 1 is 0.900 bits per heavy atom. The minimum atomic E-state index is -0.247. The molecule has 0 radical (unpaired) electrons. The summed E-state index contributed by atoms with van der Waals surface area (Å²) in [5, 5.41) is 0. The van der Waals surface area contributed by atoms with Gasteiger partial charge in [0, 0.05) is 44.0 Å². The molecule has 4 rings (SSSR count). The average Bonchev–Trinajstić information content (AvgIpc) is 3.03. The van der Waals surface area contributed by atoms with Crippen LogP contribution in [0.15, 0.2) is 54.2 Å². The van der Waals surface area contributed by atoms with Gasteiger partial charge in [-0.15, -0.1) is 0 Å². The number of likely N-dealkylation sites (N-methyl/N-ethyl adjacent to an activating group) is 1. The van der Waals surface area contributed by atoms with E-state index in [1.54, 1.807) is 7.11 Å². The van der Waals surface area contributed by atoms with Crippen LogP contribution >= 0.6 is 0 Å². The zero-order valence-corrected chi connectivity index (χ0v) is 17.7. The highest BCUT2D eigenvalue weighted by atomic mass is 16.5. The second-order valence-electron chi connectivity index (χ2n) is 7.59. The lowest BCUT2D eigenvalue weighted by Crippen LogP contribution is -2.47. The Morgan fingerprint density at radius 2 is 1.60 bits per heavy atom. The summed E-state index contributed by atoms with van der Waals surface area (Å²) in [6.07, 6.45) is 0. The number of benzene rings is 2. The summed E-state index contributed by atoms with van der Waals surface area (Å²) < 4.78 is 5.49. The molecule has 0 unspecified atom stereocenters. The summed E-state index contributed by atoms with van der Waals surface area (Å²) in [4.78, 5) is 32.0. The number of rotatable bonds is 5. The van der Waals surface area contributed by atoms with Crippen molar-refractivity contribution in [3.05, 3.63) is 65.4 Å². The summed E-state index contributed by atoms with van der Waals surface area (Å²) in [6, 6.07) is 15.9. The molecule has 0 saturated carbocycles. The van der Waals surface area contributed by atoms with Crippen LogP contribution in [0.25, 0.3) is 5.57 Å². The Labute approximate surface area is 177 Å². The van der Waals surface area contributed by atoms with Gasteiger partial charge in [-0.25, -0.2) is 0 Å². The van der Waals surface area contributed by atoms with Crippen LogP contribution in [-0.4, -0.2) is 61.4 Å². The third-order valence-corrected chi connectivity index (χ3v) is 5.80. The van der Waals surface area contributed by atoms with Crippen molar-refractivity contribution < 1.29 is 14.3 Å². The lowest BCUT2D eigenvalue weighted by molar-refractivity contribution is -0.137. The van der Waals surface area contributed by atoms with Crippen LogP contribution in [-0.2, 0) is 9.59 Å². The first-order chi connectivity index (χ1) is 14.5. The summed E-state index contributed by atoms with van der Waals surface area (Å²) in [6.45, 7) is 7.21. The third-order valence-electron chi connectivity index (χ3n) is 5.80. The fraction of sp³-hybridized carbons (Fsp3) is 0.333. The van der Waals surface area contributed by atoms with Crippen molar-refractivity contribution in [1.29, 1.82) is 0 Å². The number of aryl methyl sites for hydroxylation is 1. The Hall–Kier alpha value is -3.28. The molecular formula is C24H27N3O3. The maximum Gasteiger partial charge on any atom is 0.277 e. The van der Waals surface area contributed by atoms with Crippen LogP contribution in [0.2, 0.25) is 0 Å². The first-order valence-electron chi connectivity index (χ1n) is 10.4. The summed E-state index contributed by atoms with van der Waals surface area (Å²) >= 11 is 0. The lowest BCUT2D eigenvalue weighted by atomic mass is 10.0. The lowest BCUT2D eigenvalue weighted by Gasteiger charge is -2.37. The van der Waals surface area contributed by atoms with E-state index in [-0.39, 0.29) is 11.8 Å². The zero-order chi connectivity index (χ0) is 21.3. The molecule has 1 fully saturated rings. The molecule has 0 atom stereocenters. The highest BCUT2D eigenvalue weighted by Gasteiger charge is 2.42. The molecular weight excluding hydrogens is 378 g/mol. The maximum atomic E-state index is 13.2. The molecule has 1 saturated heterocycles. The molecule has 2 heterocycles. The molecule has 156 valence electrons. The predicted octanol–water partition coefficient (Wildman–Crippen LogP) is 2.93. The van der Waals surface area contributed by atoms with E-state index in [0.29, 0.717) is 42.2 Å². The van der Waals surface area contributed by atoms with Crippen LogP contribution in [0.1, 0.15) is 18.1 Å². The summed E-state index contributed by atoms with van der Waals surface area (Å²) in [5.41, 5.74) is 4.04. The number of carbonyl (C=O) groups excluding carboxylic acids is 2. The van der Waals surface area contributed by atoms with Crippen molar-refractivity contribution in [2.24, 2.45) is 0 Å². The number of imide groups is 1. The molecule has 6 heteroatoms. The smallest absolute Gasteiger partial charge is 0.277 e. The molecule has 2 aromatic carbocycles. The Morgan fingerprint density at radius 3 is 2.27 bits per heavy atom. The normalized spacial score (nSPS) is 17.2. The van der Waals surface area contributed by atoms with E-state index in [4.69, 9.17) is 4.74 Å². The fourth-order valence-corrected chi connectivity index (χ4v) is 4.25. The molecule has 30 heavy (non-hydrogen) atoms. The largest absolute Gasteiger partial charge is 0.496 e. The van der Waals surface area contributed by atoms with E-state index in [2.05, 4.69) is 41.0 Å². The van der Waals surface area contributed by atoms with E-state index in [1.165, 1.54) is 16.2 Å². The van der Waals surface area contributed by atoms with Gasteiger partial charge < -0.3 is 14.5 Å². The molecule has 0 bridgehead atoms. The Kier molecular flexibility index (Phi) is 5.48. The molecule has 2 aliphatic rings. The second kappa shape index (κ2) is 8.22. The molecule has 0 aromatic heterocycles. The molecule has 2 amide bonds. The topological polar surface area (TPSA) is 53.1 Å². The number of carbonyl (C=O) groups is 2. The van der Waals surface area contributed by atoms with Gasteiger partial charge in [0.1, 0.15) is 11.4 Å². The van der Waals surface area contributed by atoms with Gasteiger partial charge in [0.15, 0.2) is 0 Å². The van der Waals surface area contributed by atoms with E-state index >= 15 is 0 Å². The highest BCUT2D eigenvalue weighted by Crippen LogP contribution is 2.36. The van der Waals surface area contributed by atoms with Crippen molar-refractivity contribution in [3.8, 4) is 5.75 Å². The SMILES string of the molecule is CCN1C(=O)C(c2ccccc2OC)=C(N2CCN(c3cccc(C)c3)CC2)C1=O. The van der Waals surface area contributed by atoms with Gasteiger partial charge in [-0.05, 0) is 37.6 Å². The van der Waals surface area contributed by atoms with Crippen molar-refractivity contribution in [2.45, 2.75) is 13.8 Å². The third kappa shape index (κ3) is 3.43. The van der Waals surface area contributed by atoms with Gasteiger partial charge in [-0.3, -0.25) is 14.5 Å². The van der Waals surface area contributed by atoms with Gasteiger partial charge in [-0.2, -0.15) is 0 Å². The minimum absolute atomic E-state index is 0.215. The van der Waals surface area contributed by atoms with E-state index in [1.807, 2.05) is 31.2 Å². The number of para-hydroxylation sites is 1. The minimum Gasteiger partial charge on any atom is -0.496 e. The number of methoxy groups -OCH3 is 1. The standard InChI is InChI=1S/C24H27N3O3/c1-4-27-23(28)21(19-10-5-6-11-20(19)30-3)22(24(27)29)26-14-12-25(13-15-26)18-9-7-8-17(2)16-18/h5-11,16H,4,12-15H2,1-3H3. The molecule has 0 N–H and O–H groups in total. The molecule has 6 nitrogen and oxygen atoms in total. The fourth-order valence-electron chi connectivity index (χ4n) is 4.25. The quantitative estimate of drug-likeness (QED) is 0.716. The van der Waals surface area contributed by atoms with Crippen molar-refractivity contribution in [1.82, 2.24) is 9.80 Å². The number of anilines is 1. The Bertz CT molecular complexity index is 1010. The number of ether oxygens (including phenoxy) is 1. The molecule has 0 spiro atoms. The van der Waals surface area contributed by atoms with E-state index < -0.39 is 0 Å². The second-order valence-corrected chi connectivity index (χ2v) is 7.59. The summed E-state index contributed by atoms with van der Waals surface area (Å²) in [5.74, 6) is 0.137. The van der Waals surface area contributed by atoms with Gasteiger partial charge in [0.05, 0.1) is 12.7 Å². The Balaban J connectivity index is 1.67. The number of nitrogens with zero attached hydrogens (tertiary/aromatic N) is 3. The van der Waals surface area contributed by atoms with Crippen LogP contribution < -0.4 is 9.64 Å². The van der Waals surface area contributed by atoms with Crippen LogP contribution in [0.4, 0.5) is 5.69 Å². The van der Waals surface area contributed by atoms with E-state index in [9.17, 15) is 9.59 Å². The van der Waals surface area contributed by atoms with Gasteiger partial charge in [-0.1, -0.05) is 30.3 Å². The van der Waals surface area contributed by atoms with Gasteiger partial charge in [0.2, 0.25) is 0 Å². The highest BCUT2D eigenvalue weighted by molar-refractivity contribution is 6.36. The molecule has 2 aromatic rings. The molecule has 0 aliphatic carbocycles. The van der Waals surface area contributed by atoms with Crippen LogP contribution in [0.5, 0.6) is 5.75 Å². The molecule has 2 aliphatic heterocycles. The maximum absolute atomic E-state index is 13.2. The number of amides is 2. The monoisotopic (exact) mass is 405 g/mol. The van der Waals surface area contributed by atoms with Crippen molar-refractivity contribution >= 4 is 23.1 Å². The zero-order valence-electron chi connectivity index (χ0n) is 17.7. The first kappa shape index (κ1) is 20.0. The van der Waals surface area contributed by atoms with Crippen LogP contribution in [0.3, 0.4) is 0 Å². The van der Waals surface area contributed by atoms with Crippen LogP contribution in [0, 0.1) is 6.92 Å². The summed E-state index contributed by atoms with van der Waals surface area (Å²) in [7, 11) is 1.58. The predicted molar refractivity (Wildman–Crippen MR) is 117 cm³/mol. The number of hydrogen-bond acceptors (Lipinski definition) is 5. The van der Waals surface area contributed by atoms with Gasteiger partial charge in [0.25, 0.3) is 11.8 Å². The number of piperazine rings is 1.